The van der Waals surface area contributed by atoms with Crippen LogP contribution in [0.5, 0.6) is 5.75 Å². The van der Waals surface area contributed by atoms with Crippen LogP contribution >= 0.6 is 0 Å². The van der Waals surface area contributed by atoms with E-state index < -0.39 is 0 Å². The van der Waals surface area contributed by atoms with E-state index in [-0.39, 0.29) is 12.1 Å². The Morgan fingerprint density at radius 2 is 2.08 bits per heavy atom. The predicted octanol–water partition coefficient (Wildman–Crippen LogP) is 3.05. The van der Waals surface area contributed by atoms with E-state index in [0.717, 1.165) is 27.9 Å². The molecule has 0 amide bonds. The summed E-state index contributed by atoms with van der Waals surface area (Å²) in [5.41, 5.74) is 2.83. The summed E-state index contributed by atoms with van der Waals surface area (Å²) >= 11 is 0. The van der Waals surface area contributed by atoms with Crippen LogP contribution < -0.4 is 4.74 Å². The van der Waals surface area contributed by atoms with Crippen molar-refractivity contribution in [2.75, 3.05) is 13.7 Å². The smallest absolute Gasteiger partial charge is 0.306 e. The van der Waals surface area contributed by atoms with Crippen molar-refractivity contribution in [2.24, 2.45) is 0 Å². The van der Waals surface area contributed by atoms with Crippen LogP contribution in [0.2, 0.25) is 0 Å². The van der Waals surface area contributed by atoms with Gasteiger partial charge >= 0.3 is 5.97 Å². The molecule has 0 radical (unpaired) electrons. The Morgan fingerprint density at radius 3 is 2.75 bits per heavy atom. The van der Waals surface area contributed by atoms with Gasteiger partial charge in [0.2, 0.25) is 0 Å². The van der Waals surface area contributed by atoms with Crippen LogP contribution in [0.4, 0.5) is 0 Å². The number of aliphatic hydroxyl groups is 1. The number of fused-ring (bicyclic) bond motifs is 1. The summed E-state index contributed by atoms with van der Waals surface area (Å²) in [4.78, 5) is 16.4. The summed E-state index contributed by atoms with van der Waals surface area (Å²) in [5.74, 6) is 0.571. The lowest BCUT2D eigenvalue weighted by atomic mass is 10.0. The van der Waals surface area contributed by atoms with E-state index >= 15 is 0 Å². The van der Waals surface area contributed by atoms with Gasteiger partial charge in [-0.05, 0) is 62.9 Å². The number of esters is 1. The number of carbonyl (C=O) groups is 1. The highest BCUT2D eigenvalue weighted by molar-refractivity contribution is 5.81. The highest BCUT2D eigenvalue weighted by Crippen LogP contribution is 2.24. The molecule has 2 aromatic rings. The molecule has 0 fully saturated rings. The van der Waals surface area contributed by atoms with E-state index in [1.54, 1.807) is 21.0 Å². The number of rotatable bonds is 8. The molecule has 0 bridgehead atoms. The van der Waals surface area contributed by atoms with Gasteiger partial charge in [0.05, 0.1) is 25.3 Å². The number of benzene rings is 1. The molecule has 5 nitrogen and oxygen atoms in total. The van der Waals surface area contributed by atoms with E-state index in [4.69, 9.17) is 14.5 Å². The van der Waals surface area contributed by atoms with E-state index in [1.165, 1.54) is 0 Å². The molecular weight excluding hydrogens is 306 g/mol. The summed E-state index contributed by atoms with van der Waals surface area (Å²) in [6.07, 6.45) is 1.84. The second-order valence-electron chi connectivity index (χ2n) is 5.85. The summed E-state index contributed by atoms with van der Waals surface area (Å²) in [6.45, 7) is 3.96. The van der Waals surface area contributed by atoms with Gasteiger partial charge in [-0.3, -0.25) is 9.78 Å². The van der Waals surface area contributed by atoms with Crippen molar-refractivity contribution in [1.29, 1.82) is 0 Å². The molecule has 1 N–H and O–H groups in total. The van der Waals surface area contributed by atoms with Crippen molar-refractivity contribution in [3.63, 3.8) is 0 Å². The van der Waals surface area contributed by atoms with Crippen LogP contribution in [0.1, 0.15) is 37.9 Å². The van der Waals surface area contributed by atoms with Crippen molar-refractivity contribution < 1.29 is 19.4 Å². The highest BCUT2D eigenvalue weighted by atomic mass is 16.5. The molecule has 1 atom stereocenters. The molecular formula is C19H25NO4. The van der Waals surface area contributed by atoms with Crippen LogP contribution in [0.25, 0.3) is 10.9 Å². The number of hydrogen-bond acceptors (Lipinski definition) is 5. The third kappa shape index (κ3) is 4.93. The molecule has 130 valence electrons. The average Bonchev–Trinajstić information content (AvgIpc) is 2.57. The molecule has 5 heteroatoms. The van der Waals surface area contributed by atoms with Gasteiger partial charge in [-0.25, -0.2) is 0 Å². The lowest BCUT2D eigenvalue weighted by molar-refractivity contribution is -0.143. The van der Waals surface area contributed by atoms with Crippen LogP contribution in [0, 0.1) is 0 Å². The van der Waals surface area contributed by atoms with Gasteiger partial charge < -0.3 is 14.6 Å². The number of pyridine rings is 1. The minimum atomic E-state index is -0.378. The van der Waals surface area contributed by atoms with Gasteiger partial charge in [0, 0.05) is 17.5 Å². The first-order valence-electron chi connectivity index (χ1n) is 8.33. The Kier molecular flexibility index (Phi) is 6.55. The Morgan fingerprint density at radius 1 is 1.29 bits per heavy atom. The maximum atomic E-state index is 11.7. The molecule has 1 unspecified atom stereocenters. The van der Waals surface area contributed by atoms with Crippen LogP contribution in [-0.4, -0.2) is 35.9 Å². The summed E-state index contributed by atoms with van der Waals surface area (Å²) < 4.78 is 10.3. The predicted molar refractivity (Wildman–Crippen MR) is 93.3 cm³/mol. The molecule has 0 saturated carbocycles. The van der Waals surface area contributed by atoms with Crippen LogP contribution in [-0.2, 0) is 22.4 Å². The molecule has 2 rings (SSSR count). The SMILES string of the molecule is CCOC(=O)CCc1cc2cc(OC)ccc2nc1CCC(C)O. The Bertz CT molecular complexity index is 697. The number of aliphatic hydroxyl groups excluding tert-OH is 1. The minimum Gasteiger partial charge on any atom is -0.497 e. The number of aromatic nitrogens is 1. The monoisotopic (exact) mass is 331 g/mol. The Balaban J connectivity index is 2.31. The van der Waals surface area contributed by atoms with Crippen molar-refractivity contribution in [3.05, 3.63) is 35.5 Å². The molecule has 0 aliphatic rings. The fraction of sp³-hybridized carbons (Fsp3) is 0.474. The highest BCUT2D eigenvalue weighted by Gasteiger charge is 2.11. The molecule has 1 aromatic heterocycles. The van der Waals surface area contributed by atoms with E-state index in [2.05, 4.69) is 6.07 Å². The summed E-state index contributed by atoms with van der Waals surface area (Å²) in [5, 5.41) is 10.5. The fourth-order valence-corrected chi connectivity index (χ4v) is 2.61. The number of ether oxygens (including phenoxy) is 2. The average molecular weight is 331 g/mol. The zero-order chi connectivity index (χ0) is 17.5. The number of hydrogen-bond donors (Lipinski definition) is 1. The topological polar surface area (TPSA) is 68.7 Å². The number of aryl methyl sites for hydroxylation is 2. The summed E-state index contributed by atoms with van der Waals surface area (Å²) in [7, 11) is 1.63. The molecule has 0 spiro atoms. The van der Waals surface area contributed by atoms with Gasteiger partial charge in [0.25, 0.3) is 0 Å². The number of carbonyl (C=O) groups excluding carboxylic acids is 1. The molecule has 24 heavy (non-hydrogen) atoms. The van der Waals surface area contributed by atoms with Crippen LogP contribution in [0.15, 0.2) is 24.3 Å². The summed E-state index contributed by atoms with van der Waals surface area (Å²) in [6, 6.07) is 7.80. The third-order valence-corrected chi connectivity index (χ3v) is 3.89. The van der Waals surface area contributed by atoms with Crippen LogP contribution in [0.3, 0.4) is 0 Å². The van der Waals surface area contributed by atoms with Gasteiger partial charge in [-0.15, -0.1) is 0 Å². The van der Waals surface area contributed by atoms with E-state index in [1.807, 2.05) is 18.2 Å². The Hall–Kier alpha value is -2.14. The molecule has 1 heterocycles. The quantitative estimate of drug-likeness (QED) is 0.753. The molecule has 0 aliphatic heterocycles. The Labute approximate surface area is 142 Å². The maximum absolute atomic E-state index is 11.7. The largest absolute Gasteiger partial charge is 0.497 e. The maximum Gasteiger partial charge on any atom is 0.306 e. The lowest BCUT2D eigenvalue weighted by Crippen LogP contribution is -2.09. The van der Waals surface area contributed by atoms with Crippen molar-refractivity contribution in [1.82, 2.24) is 4.98 Å². The van der Waals surface area contributed by atoms with Gasteiger partial charge in [-0.2, -0.15) is 0 Å². The number of nitrogens with zero attached hydrogens (tertiary/aromatic N) is 1. The normalized spacial score (nSPS) is 12.2. The standard InChI is InChI=1S/C19H25NO4/c1-4-24-19(22)10-6-14-11-15-12-16(23-3)7-9-18(15)20-17(14)8-5-13(2)21/h7,9,11-13,21H,4-6,8,10H2,1-3H3. The lowest BCUT2D eigenvalue weighted by Gasteiger charge is -2.12. The first kappa shape index (κ1) is 18.2. The first-order chi connectivity index (χ1) is 11.5. The first-order valence-corrected chi connectivity index (χ1v) is 8.33. The zero-order valence-electron chi connectivity index (χ0n) is 14.5. The second-order valence-corrected chi connectivity index (χ2v) is 5.85. The molecule has 1 aromatic carbocycles. The van der Waals surface area contributed by atoms with Gasteiger partial charge in [0.1, 0.15) is 5.75 Å². The van der Waals surface area contributed by atoms with Gasteiger partial charge in [0.15, 0.2) is 0 Å². The fourth-order valence-electron chi connectivity index (χ4n) is 2.61. The van der Waals surface area contributed by atoms with Crippen molar-refractivity contribution >= 4 is 16.9 Å². The molecule has 0 saturated heterocycles. The number of methoxy groups -OCH3 is 1. The molecule has 0 aliphatic carbocycles. The zero-order valence-corrected chi connectivity index (χ0v) is 14.5. The van der Waals surface area contributed by atoms with Crippen molar-refractivity contribution in [3.8, 4) is 5.75 Å². The third-order valence-electron chi connectivity index (χ3n) is 3.89. The van der Waals surface area contributed by atoms with Gasteiger partial charge in [-0.1, -0.05) is 0 Å². The second kappa shape index (κ2) is 8.64. The minimum absolute atomic E-state index is 0.204. The van der Waals surface area contributed by atoms with E-state index in [0.29, 0.717) is 32.3 Å². The van der Waals surface area contributed by atoms with Crippen molar-refractivity contribution in [2.45, 2.75) is 45.6 Å². The van der Waals surface area contributed by atoms with E-state index in [9.17, 15) is 9.90 Å².